The minimum atomic E-state index is -0.599. The second kappa shape index (κ2) is 7.23. The summed E-state index contributed by atoms with van der Waals surface area (Å²) in [6.45, 7) is 0. The molecule has 0 amide bonds. The lowest BCUT2D eigenvalue weighted by Gasteiger charge is -2.21. The Hall–Kier alpha value is -3.95. The summed E-state index contributed by atoms with van der Waals surface area (Å²) in [7, 11) is 4.63. The fourth-order valence-electron chi connectivity index (χ4n) is 3.19. The molecule has 0 radical (unpaired) electrons. The van der Waals surface area contributed by atoms with Crippen molar-refractivity contribution in [3.05, 3.63) is 70.3 Å². The number of nitrogens with one attached hydrogen (secondary N) is 1. The van der Waals surface area contributed by atoms with E-state index in [-0.39, 0.29) is 16.8 Å². The molecule has 29 heavy (non-hydrogen) atoms. The van der Waals surface area contributed by atoms with Gasteiger partial charge in [-0.15, -0.1) is 0 Å². The predicted octanol–water partition coefficient (Wildman–Crippen LogP) is 1.24. The van der Waals surface area contributed by atoms with Gasteiger partial charge in [-0.3, -0.25) is 9.48 Å². The monoisotopic (exact) mass is 394 g/mol. The summed E-state index contributed by atoms with van der Waals surface area (Å²) >= 11 is 0. The Kier molecular flexibility index (Phi) is 4.59. The third-order valence-corrected chi connectivity index (χ3v) is 4.58. The molecular formula is C19H18N6O4. The molecule has 2 aliphatic rings. The molecule has 0 spiro atoms. The predicted molar refractivity (Wildman–Crippen MR) is 102 cm³/mol. The molecule has 2 aliphatic heterocycles. The smallest absolute Gasteiger partial charge is 0.341 e. The third-order valence-electron chi connectivity index (χ3n) is 4.58. The van der Waals surface area contributed by atoms with Crippen LogP contribution in [0.2, 0.25) is 0 Å². The van der Waals surface area contributed by atoms with Crippen LogP contribution in [0.4, 0.5) is 0 Å². The number of nitrogens with zero attached hydrogens (tertiary/aromatic N) is 5. The van der Waals surface area contributed by atoms with Gasteiger partial charge in [-0.1, -0.05) is 12.1 Å². The molecule has 2 aromatic rings. The van der Waals surface area contributed by atoms with Gasteiger partial charge in [0, 0.05) is 19.4 Å². The number of rotatable bonds is 5. The number of esters is 1. The summed E-state index contributed by atoms with van der Waals surface area (Å²) < 4.78 is 13.4. The number of methoxy groups -OCH3 is 2. The van der Waals surface area contributed by atoms with E-state index in [4.69, 9.17) is 9.47 Å². The summed E-state index contributed by atoms with van der Waals surface area (Å²) in [5.74, 6) is 0.598. The fraction of sp³-hybridized carbons (Fsp3) is 0.211. The quantitative estimate of drug-likeness (QED) is 0.506. The van der Waals surface area contributed by atoms with Crippen molar-refractivity contribution in [1.29, 1.82) is 0 Å². The van der Waals surface area contributed by atoms with Gasteiger partial charge in [0.05, 0.1) is 19.8 Å². The van der Waals surface area contributed by atoms with Crippen molar-refractivity contribution in [3.8, 4) is 17.0 Å². The number of benzene rings is 1. The largest absolute Gasteiger partial charge is 0.497 e. The molecule has 0 saturated carbocycles. The maximum Gasteiger partial charge on any atom is 0.341 e. The van der Waals surface area contributed by atoms with E-state index in [0.717, 1.165) is 5.56 Å². The van der Waals surface area contributed by atoms with E-state index in [1.54, 1.807) is 42.1 Å². The topological polar surface area (TPSA) is 117 Å². The maximum absolute atomic E-state index is 12.3. The Morgan fingerprint density at radius 1 is 1.17 bits per heavy atom. The molecule has 10 nitrogen and oxygen atoms in total. The van der Waals surface area contributed by atoms with Crippen LogP contribution in [0.5, 0.6) is 5.75 Å². The van der Waals surface area contributed by atoms with E-state index < -0.39 is 17.6 Å². The number of H-pyrrole nitrogens is 1. The van der Waals surface area contributed by atoms with Crippen LogP contribution in [0.3, 0.4) is 0 Å². The van der Waals surface area contributed by atoms with Crippen molar-refractivity contribution >= 4 is 5.97 Å². The minimum absolute atomic E-state index is 0.165. The first kappa shape index (κ1) is 18.4. The van der Waals surface area contributed by atoms with Crippen LogP contribution in [0.15, 0.2) is 47.8 Å². The molecule has 10 heteroatoms. The van der Waals surface area contributed by atoms with E-state index in [1.165, 1.54) is 7.11 Å². The van der Waals surface area contributed by atoms with Crippen LogP contribution in [-0.2, 0) is 11.8 Å². The maximum atomic E-state index is 12.3. The number of aryl methyl sites for hydroxylation is 1. The van der Waals surface area contributed by atoms with E-state index in [9.17, 15) is 9.59 Å². The molecule has 148 valence electrons. The average molecular weight is 394 g/mol. The zero-order valence-corrected chi connectivity index (χ0v) is 16.0. The van der Waals surface area contributed by atoms with E-state index in [0.29, 0.717) is 11.6 Å². The molecule has 0 bridgehead atoms. The molecule has 1 atom stereocenters. The van der Waals surface area contributed by atoms with Crippen LogP contribution in [0.25, 0.3) is 11.3 Å². The van der Waals surface area contributed by atoms with Crippen LogP contribution >= 0.6 is 0 Å². The highest BCUT2D eigenvalue weighted by atomic mass is 16.5. The first-order valence-electron chi connectivity index (χ1n) is 8.69. The number of ether oxygens (including phenoxy) is 2. The Balaban J connectivity index is 1.96. The first-order valence-corrected chi connectivity index (χ1v) is 8.69. The van der Waals surface area contributed by atoms with Crippen LogP contribution < -0.4 is 10.3 Å². The van der Waals surface area contributed by atoms with Crippen molar-refractivity contribution in [1.82, 2.24) is 29.5 Å². The summed E-state index contributed by atoms with van der Waals surface area (Å²) in [5, 5.41) is 10.8. The van der Waals surface area contributed by atoms with Crippen LogP contribution in [0.1, 0.15) is 27.8 Å². The second-order valence-electron chi connectivity index (χ2n) is 6.38. The Labute approximate surface area is 165 Å². The van der Waals surface area contributed by atoms with Gasteiger partial charge in [-0.25, -0.2) is 14.9 Å². The average Bonchev–Trinajstić information content (AvgIpc) is 3.33. The van der Waals surface area contributed by atoms with Crippen molar-refractivity contribution in [2.24, 2.45) is 7.05 Å². The molecule has 1 aromatic carbocycles. The molecule has 3 heterocycles. The van der Waals surface area contributed by atoms with Gasteiger partial charge in [-0.05, 0) is 17.7 Å². The number of aromatic amines is 1. The number of carbonyl (C=O) groups excluding carboxylic acids is 1. The highest BCUT2D eigenvalue weighted by Gasteiger charge is 2.27. The highest BCUT2D eigenvalue weighted by molar-refractivity contribution is 5.96. The molecule has 4 rings (SSSR count). The van der Waals surface area contributed by atoms with Crippen molar-refractivity contribution in [2.75, 3.05) is 14.2 Å². The molecular weight excluding hydrogens is 376 g/mol. The third kappa shape index (κ3) is 3.24. The Morgan fingerprint density at radius 3 is 2.55 bits per heavy atom. The van der Waals surface area contributed by atoms with Crippen molar-refractivity contribution in [3.63, 3.8) is 0 Å². The highest BCUT2D eigenvalue weighted by Crippen LogP contribution is 2.29. The van der Waals surface area contributed by atoms with Gasteiger partial charge < -0.3 is 14.0 Å². The van der Waals surface area contributed by atoms with Gasteiger partial charge >= 0.3 is 5.97 Å². The van der Waals surface area contributed by atoms with Gasteiger partial charge in [0.15, 0.2) is 5.82 Å². The van der Waals surface area contributed by atoms with Crippen LogP contribution in [0, 0.1) is 0 Å². The Morgan fingerprint density at radius 2 is 1.93 bits per heavy atom. The van der Waals surface area contributed by atoms with Gasteiger partial charge in [0.2, 0.25) is 0 Å². The lowest BCUT2D eigenvalue weighted by atomic mass is 10.0. The standard InChI is InChI=1S/C19H18N6O4/c1-24-10-20-17(23-24)16(11-4-6-12(28-2)7-5-11)25-8-13-15(21-22-18(13)26)14(9-25)19(27)29-3/h4-10,16H,1-3H3,(H,22,26)/t16-/m0/s1. The lowest BCUT2D eigenvalue weighted by molar-refractivity contribution is 0.0600. The minimum Gasteiger partial charge on any atom is -0.497 e. The zero-order valence-electron chi connectivity index (χ0n) is 16.0. The molecule has 0 unspecified atom stereocenters. The van der Waals surface area contributed by atoms with Gasteiger partial charge in [0.1, 0.15) is 29.4 Å². The molecule has 0 saturated heterocycles. The Bertz CT molecular complexity index is 1190. The van der Waals surface area contributed by atoms with Crippen LogP contribution in [-0.4, -0.2) is 49.7 Å². The number of carbonyl (C=O) groups is 1. The summed E-state index contributed by atoms with van der Waals surface area (Å²) in [5.41, 5.74) is 1.12. The summed E-state index contributed by atoms with van der Waals surface area (Å²) in [6, 6.07) is 6.90. The van der Waals surface area contributed by atoms with Gasteiger partial charge in [-0.2, -0.15) is 10.2 Å². The number of hydrogen-bond donors (Lipinski definition) is 1. The first-order chi connectivity index (χ1) is 14.0. The van der Waals surface area contributed by atoms with Crippen molar-refractivity contribution < 1.29 is 14.3 Å². The second-order valence-corrected chi connectivity index (χ2v) is 6.38. The number of hydrogen-bond acceptors (Lipinski definition) is 7. The fourth-order valence-corrected chi connectivity index (χ4v) is 3.19. The van der Waals surface area contributed by atoms with Gasteiger partial charge in [0.25, 0.3) is 5.56 Å². The molecule has 1 aromatic heterocycles. The number of aromatic nitrogens is 6. The zero-order chi connectivity index (χ0) is 20.5. The SMILES string of the molecule is COC(=O)c1cn([C@@H](c2ccc(OC)cc2)c2ncn(C)n2)cc2c(=O)[nH]nc1-2. The summed E-state index contributed by atoms with van der Waals surface area (Å²) in [6.07, 6.45) is 4.79. The number of fused-ring (bicyclic) bond motifs is 1. The lowest BCUT2D eigenvalue weighted by Crippen LogP contribution is -2.19. The van der Waals surface area contributed by atoms with Crippen molar-refractivity contribution in [2.45, 2.75) is 6.04 Å². The van der Waals surface area contributed by atoms with E-state index in [2.05, 4.69) is 20.3 Å². The molecule has 1 N–H and O–H groups in total. The summed E-state index contributed by atoms with van der Waals surface area (Å²) in [4.78, 5) is 28.9. The molecule has 0 aliphatic carbocycles. The van der Waals surface area contributed by atoms with E-state index in [1.807, 2.05) is 24.3 Å². The molecule has 0 fully saturated rings. The van der Waals surface area contributed by atoms with E-state index >= 15 is 0 Å². The normalized spacial score (nSPS) is 12.1. The number of pyridine rings is 1.